The molecule has 2 aromatic heterocycles. The molecule has 3 aromatic rings. The van der Waals surface area contributed by atoms with Crippen LogP contribution in [0.1, 0.15) is 10.5 Å². The van der Waals surface area contributed by atoms with E-state index in [9.17, 15) is 4.79 Å². The SMILES string of the molecule is O=C(c1cc2ccccc2[nH]1)N1CCN(CCOc2ncccn2)CC1. The number of fused-ring (bicyclic) bond motifs is 1. The molecule has 0 aliphatic carbocycles. The van der Waals surface area contributed by atoms with Gasteiger partial charge in [0, 0.05) is 56.0 Å². The van der Waals surface area contributed by atoms with E-state index in [-0.39, 0.29) is 5.91 Å². The molecule has 1 N–H and O–H groups in total. The Morgan fingerprint density at radius 1 is 1.08 bits per heavy atom. The lowest BCUT2D eigenvalue weighted by atomic mass is 10.2. The third-order valence-electron chi connectivity index (χ3n) is 4.60. The van der Waals surface area contributed by atoms with E-state index in [2.05, 4.69) is 19.9 Å². The van der Waals surface area contributed by atoms with Crippen LogP contribution in [0.15, 0.2) is 48.8 Å². The summed E-state index contributed by atoms with van der Waals surface area (Å²) in [6, 6.07) is 12.0. The van der Waals surface area contributed by atoms with Crippen LogP contribution in [0.3, 0.4) is 0 Å². The van der Waals surface area contributed by atoms with Crippen molar-refractivity contribution in [3.63, 3.8) is 0 Å². The molecule has 1 saturated heterocycles. The second kappa shape index (κ2) is 7.53. The number of carbonyl (C=O) groups excluding carboxylic acids is 1. The number of amides is 1. The summed E-state index contributed by atoms with van der Waals surface area (Å²) in [5, 5.41) is 1.06. The molecule has 4 rings (SSSR count). The normalized spacial score (nSPS) is 15.3. The number of aromatic amines is 1. The van der Waals surface area contributed by atoms with Crippen LogP contribution in [-0.2, 0) is 0 Å². The molecule has 1 fully saturated rings. The molecule has 0 saturated carbocycles. The fraction of sp³-hybridized carbons (Fsp3) is 0.316. The Labute approximate surface area is 151 Å². The van der Waals surface area contributed by atoms with Gasteiger partial charge in [-0.3, -0.25) is 9.69 Å². The quantitative estimate of drug-likeness (QED) is 0.759. The Bertz CT molecular complexity index is 839. The highest BCUT2D eigenvalue weighted by molar-refractivity contribution is 5.98. The summed E-state index contributed by atoms with van der Waals surface area (Å²) in [6.45, 7) is 4.45. The van der Waals surface area contributed by atoms with E-state index in [0.29, 0.717) is 18.3 Å². The number of aromatic nitrogens is 3. The number of piperazine rings is 1. The van der Waals surface area contributed by atoms with Crippen LogP contribution >= 0.6 is 0 Å². The first-order valence-corrected chi connectivity index (χ1v) is 8.79. The van der Waals surface area contributed by atoms with Crippen molar-refractivity contribution >= 4 is 16.8 Å². The van der Waals surface area contributed by atoms with Gasteiger partial charge in [-0.15, -0.1) is 0 Å². The predicted octanol–water partition coefficient (Wildman–Crippen LogP) is 1.79. The molecule has 134 valence electrons. The van der Waals surface area contributed by atoms with Crippen molar-refractivity contribution in [1.29, 1.82) is 0 Å². The number of nitrogens with zero attached hydrogens (tertiary/aromatic N) is 4. The summed E-state index contributed by atoms with van der Waals surface area (Å²) in [6.07, 6.45) is 3.33. The van der Waals surface area contributed by atoms with Gasteiger partial charge in [-0.05, 0) is 18.2 Å². The number of hydrogen-bond donors (Lipinski definition) is 1. The number of nitrogens with one attached hydrogen (secondary N) is 1. The molecule has 1 amide bonds. The second-order valence-electron chi connectivity index (χ2n) is 6.28. The van der Waals surface area contributed by atoms with Crippen LogP contribution in [-0.4, -0.2) is 70.0 Å². The number of hydrogen-bond acceptors (Lipinski definition) is 5. The molecule has 1 aliphatic rings. The van der Waals surface area contributed by atoms with Crippen LogP contribution in [0.4, 0.5) is 0 Å². The van der Waals surface area contributed by atoms with Crippen molar-refractivity contribution in [2.24, 2.45) is 0 Å². The molecule has 0 unspecified atom stereocenters. The first-order valence-electron chi connectivity index (χ1n) is 8.79. The molecule has 7 heteroatoms. The van der Waals surface area contributed by atoms with Crippen molar-refractivity contribution < 1.29 is 9.53 Å². The second-order valence-corrected chi connectivity index (χ2v) is 6.28. The van der Waals surface area contributed by atoms with Gasteiger partial charge in [0.15, 0.2) is 0 Å². The number of para-hydroxylation sites is 1. The highest BCUT2D eigenvalue weighted by Gasteiger charge is 2.23. The number of benzene rings is 1. The van der Waals surface area contributed by atoms with Crippen LogP contribution in [0.25, 0.3) is 10.9 Å². The topological polar surface area (TPSA) is 74.4 Å². The summed E-state index contributed by atoms with van der Waals surface area (Å²) < 4.78 is 5.54. The van der Waals surface area contributed by atoms with Gasteiger partial charge in [-0.2, -0.15) is 0 Å². The van der Waals surface area contributed by atoms with Gasteiger partial charge in [0.05, 0.1) is 0 Å². The Morgan fingerprint density at radius 2 is 1.85 bits per heavy atom. The van der Waals surface area contributed by atoms with E-state index in [0.717, 1.165) is 43.6 Å². The van der Waals surface area contributed by atoms with E-state index in [1.807, 2.05) is 35.2 Å². The van der Waals surface area contributed by atoms with Crippen molar-refractivity contribution in [2.75, 3.05) is 39.3 Å². The van der Waals surface area contributed by atoms with Gasteiger partial charge >= 0.3 is 6.01 Å². The number of H-pyrrole nitrogens is 1. The Kier molecular flexibility index (Phi) is 4.79. The van der Waals surface area contributed by atoms with E-state index >= 15 is 0 Å². The largest absolute Gasteiger partial charge is 0.462 e. The molecule has 26 heavy (non-hydrogen) atoms. The maximum atomic E-state index is 12.7. The van der Waals surface area contributed by atoms with Crippen molar-refractivity contribution in [1.82, 2.24) is 24.8 Å². The summed E-state index contributed by atoms with van der Waals surface area (Å²) in [5.41, 5.74) is 1.65. The third kappa shape index (κ3) is 3.67. The van der Waals surface area contributed by atoms with Crippen LogP contribution in [0.2, 0.25) is 0 Å². The van der Waals surface area contributed by atoms with E-state index in [4.69, 9.17) is 4.74 Å². The maximum Gasteiger partial charge on any atom is 0.316 e. The number of carbonyl (C=O) groups is 1. The van der Waals surface area contributed by atoms with Gasteiger partial charge in [0.25, 0.3) is 5.91 Å². The molecular weight excluding hydrogens is 330 g/mol. The zero-order valence-corrected chi connectivity index (χ0v) is 14.5. The van der Waals surface area contributed by atoms with Gasteiger partial charge in [0.2, 0.25) is 0 Å². The number of ether oxygens (including phenoxy) is 1. The molecule has 0 spiro atoms. The lowest BCUT2D eigenvalue weighted by Gasteiger charge is -2.34. The summed E-state index contributed by atoms with van der Waals surface area (Å²) in [4.78, 5) is 28.2. The molecule has 0 atom stereocenters. The van der Waals surface area contributed by atoms with Crippen molar-refractivity contribution in [2.45, 2.75) is 0 Å². The minimum absolute atomic E-state index is 0.0646. The van der Waals surface area contributed by atoms with E-state index in [1.165, 1.54) is 0 Å². The van der Waals surface area contributed by atoms with E-state index in [1.54, 1.807) is 18.5 Å². The van der Waals surface area contributed by atoms with Gasteiger partial charge in [-0.25, -0.2) is 9.97 Å². The summed E-state index contributed by atoms with van der Waals surface area (Å²) >= 11 is 0. The Morgan fingerprint density at radius 3 is 2.62 bits per heavy atom. The molecular formula is C19H21N5O2. The average molecular weight is 351 g/mol. The molecule has 3 heterocycles. The first kappa shape index (κ1) is 16.5. The molecule has 1 aliphatic heterocycles. The van der Waals surface area contributed by atoms with Gasteiger partial charge < -0.3 is 14.6 Å². The van der Waals surface area contributed by atoms with Crippen LogP contribution in [0, 0.1) is 0 Å². The number of rotatable bonds is 5. The van der Waals surface area contributed by atoms with Crippen molar-refractivity contribution in [3.8, 4) is 6.01 Å². The highest BCUT2D eigenvalue weighted by Crippen LogP contribution is 2.16. The Hall–Kier alpha value is -2.93. The molecule has 0 bridgehead atoms. The van der Waals surface area contributed by atoms with Gasteiger partial charge in [0.1, 0.15) is 12.3 Å². The molecule has 7 nitrogen and oxygen atoms in total. The summed E-state index contributed by atoms with van der Waals surface area (Å²) in [5.74, 6) is 0.0646. The lowest BCUT2D eigenvalue weighted by molar-refractivity contribution is 0.0613. The van der Waals surface area contributed by atoms with Crippen molar-refractivity contribution in [3.05, 3.63) is 54.5 Å². The van der Waals surface area contributed by atoms with E-state index < -0.39 is 0 Å². The molecule has 0 radical (unpaired) electrons. The monoisotopic (exact) mass is 351 g/mol. The standard InChI is InChI=1S/C19H21N5O2/c25-18(17-14-15-4-1-2-5-16(15)22-17)24-10-8-23(9-11-24)12-13-26-19-20-6-3-7-21-19/h1-7,14,22H,8-13H2. The minimum Gasteiger partial charge on any atom is -0.462 e. The first-order chi connectivity index (χ1) is 12.8. The zero-order chi connectivity index (χ0) is 17.8. The zero-order valence-electron chi connectivity index (χ0n) is 14.5. The minimum atomic E-state index is 0.0646. The smallest absolute Gasteiger partial charge is 0.316 e. The maximum absolute atomic E-state index is 12.7. The average Bonchev–Trinajstić information content (AvgIpc) is 3.13. The lowest BCUT2D eigenvalue weighted by Crippen LogP contribution is -2.49. The highest BCUT2D eigenvalue weighted by atomic mass is 16.5. The fourth-order valence-corrected chi connectivity index (χ4v) is 3.16. The van der Waals surface area contributed by atoms with Gasteiger partial charge in [-0.1, -0.05) is 18.2 Å². The van der Waals surface area contributed by atoms with Crippen LogP contribution < -0.4 is 4.74 Å². The molecule has 1 aromatic carbocycles. The predicted molar refractivity (Wildman–Crippen MR) is 98.2 cm³/mol. The van der Waals surface area contributed by atoms with Crippen LogP contribution in [0.5, 0.6) is 6.01 Å². The Balaban J connectivity index is 1.27. The fourth-order valence-electron chi connectivity index (χ4n) is 3.16. The summed E-state index contributed by atoms with van der Waals surface area (Å²) in [7, 11) is 0. The third-order valence-corrected chi connectivity index (χ3v) is 4.60.